The molecular formula is C12H20N2O4S. The molecule has 1 aromatic carbocycles. The largest absolute Gasteiger partial charge is 0.389 e. The lowest BCUT2D eigenvalue weighted by Gasteiger charge is -2.21. The topological polar surface area (TPSA) is 78.9 Å². The number of hydrogen-bond donors (Lipinski definition) is 2. The van der Waals surface area contributed by atoms with Gasteiger partial charge in [0.05, 0.1) is 18.4 Å². The van der Waals surface area contributed by atoms with Crippen LogP contribution in [-0.4, -0.2) is 58.3 Å². The highest BCUT2D eigenvalue weighted by atomic mass is 32.2. The van der Waals surface area contributed by atoms with Crippen LogP contribution in [0.1, 0.15) is 0 Å². The van der Waals surface area contributed by atoms with Gasteiger partial charge in [-0.05, 0) is 12.1 Å². The second kappa shape index (κ2) is 6.85. The molecule has 0 bridgehead atoms. The first-order valence-electron chi connectivity index (χ1n) is 5.83. The van der Waals surface area contributed by atoms with E-state index in [1.807, 2.05) is 0 Å². The minimum Gasteiger partial charge on any atom is -0.389 e. The third-order valence-corrected chi connectivity index (χ3v) is 4.55. The molecular weight excluding hydrogens is 268 g/mol. The molecule has 0 saturated heterocycles. The molecule has 0 aliphatic rings. The van der Waals surface area contributed by atoms with Crippen molar-refractivity contribution in [3.8, 4) is 0 Å². The van der Waals surface area contributed by atoms with Crippen molar-refractivity contribution in [3.63, 3.8) is 0 Å². The number of benzene rings is 1. The van der Waals surface area contributed by atoms with Crippen molar-refractivity contribution < 1.29 is 18.3 Å². The van der Waals surface area contributed by atoms with Gasteiger partial charge in [0.2, 0.25) is 10.0 Å². The molecule has 1 aromatic rings. The average molecular weight is 288 g/mol. The Morgan fingerprint density at radius 3 is 2.63 bits per heavy atom. The third kappa shape index (κ3) is 3.90. The van der Waals surface area contributed by atoms with E-state index in [1.165, 1.54) is 20.2 Å². The molecule has 0 aliphatic heterocycles. The van der Waals surface area contributed by atoms with Gasteiger partial charge in [-0.3, -0.25) is 0 Å². The molecule has 0 saturated carbocycles. The second-order valence-electron chi connectivity index (χ2n) is 4.14. The van der Waals surface area contributed by atoms with Gasteiger partial charge in [-0.25, -0.2) is 8.42 Å². The first-order chi connectivity index (χ1) is 8.93. The number of hydrogen-bond acceptors (Lipinski definition) is 5. The van der Waals surface area contributed by atoms with Crippen LogP contribution in [0.5, 0.6) is 0 Å². The molecule has 0 aliphatic carbocycles. The molecule has 19 heavy (non-hydrogen) atoms. The molecule has 0 amide bonds. The number of nitrogens with one attached hydrogen (secondary N) is 1. The van der Waals surface area contributed by atoms with E-state index in [1.54, 1.807) is 25.2 Å². The number of likely N-dealkylation sites (N-methyl/N-ethyl adjacent to an activating group) is 1. The Balaban J connectivity index is 2.97. The molecule has 1 rings (SSSR count). The minimum atomic E-state index is -3.64. The highest BCUT2D eigenvalue weighted by molar-refractivity contribution is 7.89. The maximum Gasteiger partial charge on any atom is 0.244 e. The van der Waals surface area contributed by atoms with E-state index in [0.717, 1.165) is 4.31 Å². The number of aliphatic hydroxyl groups is 1. The predicted octanol–water partition coefficient (Wildman–Crippen LogP) is 0.356. The fraction of sp³-hybridized carbons (Fsp3) is 0.500. The highest BCUT2D eigenvalue weighted by Crippen LogP contribution is 2.23. The van der Waals surface area contributed by atoms with Gasteiger partial charge in [-0.15, -0.1) is 0 Å². The summed E-state index contributed by atoms with van der Waals surface area (Å²) in [7, 11) is 0.905. The Morgan fingerprint density at radius 2 is 2.05 bits per heavy atom. The molecule has 6 nitrogen and oxygen atoms in total. The van der Waals surface area contributed by atoms with Gasteiger partial charge in [0.25, 0.3) is 0 Å². The molecule has 2 N–H and O–H groups in total. The third-order valence-electron chi connectivity index (χ3n) is 2.67. The van der Waals surface area contributed by atoms with E-state index in [0.29, 0.717) is 5.69 Å². The van der Waals surface area contributed by atoms with Crippen LogP contribution in [0, 0.1) is 0 Å². The van der Waals surface area contributed by atoms with E-state index < -0.39 is 16.1 Å². The summed E-state index contributed by atoms with van der Waals surface area (Å²) >= 11 is 0. The standard InChI is InChI=1S/C12H20N2O4S/c1-13-11-6-4-5-7-12(11)19(16,17)14(2)8-10(15)9-18-3/h4-7,10,13,15H,8-9H2,1-3H3. The molecule has 108 valence electrons. The predicted molar refractivity (Wildman–Crippen MR) is 73.7 cm³/mol. The first kappa shape index (κ1) is 15.9. The monoisotopic (exact) mass is 288 g/mol. The van der Waals surface area contributed by atoms with Crippen molar-refractivity contribution in [2.75, 3.05) is 39.7 Å². The summed E-state index contributed by atoms with van der Waals surface area (Å²) in [6, 6.07) is 6.63. The number of para-hydroxylation sites is 1. The Bertz CT molecular complexity index is 504. The molecule has 0 radical (unpaired) electrons. The number of aliphatic hydroxyl groups excluding tert-OH is 1. The molecule has 0 heterocycles. The molecule has 1 atom stereocenters. The van der Waals surface area contributed by atoms with Gasteiger partial charge in [-0.1, -0.05) is 12.1 Å². The zero-order valence-corrected chi connectivity index (χ0v) is 12.1. The van der Waals surface area contributed by atoms with Crippen molar-refractivity contribution in [2.45, 2.75) is 11.0 Å². The van der Waals surface area contributed by atoms with Crippen molar-refractivity contribution in [1.82, 2.24) is 4.31 Å². The zero-order valence-electron chi connectivity index (χ0n) is 11.3. The number of methoxy groups -OCH3 is 1. The van der Waals surface area contributed by atoms with E-state index in [2.05, 4.69) is 5.32 Å². The number of anilines is 1. The van der Waals surface area contributed by atoms with Crippen LogP contribution < -0.4 is 5.32 Å². The van der Waals surface area contributed by atoms with E-state index in [4.69, 9.17) is 4.74 Å². The van der Waals surface area contributed by atoms with E-state index >= 15 is 0 Å². The SMILES string of the molecule is CNc1ccccc1S(=O)(=O)N(C)CC(O)COC. The van der Waals surface area contributed by atoms with Crippen molar-refractivity contribution in [1.29, 1.82) is 0 Å². The normalized spacial score (nSPS) is 13.5. The van der Waals surface area contributed by atoms with Crippen molar-refractivity contribution >= 4 is 15.7 Å². The maximum absolute atomic E-state index is 12.4. The molecule has 1 unspecified atom stereocenters. The lowest BCUT2D eigenvalue weighted by Crippen LogP contribution is -2.36. The molecule has 0 spiro atoms. The number of nitrogens with zero attached hydrogens (tertiary/aromatic N) is 1. The lowest BCUT2D eigenvalue weighted by molar-refractivity contribution is 0.0554. The van der Waals surface area contributed by atoms with E-state index in [-0.39, 0.29) is 18.0 Å². The summed E-state index contributed by atoms with van der Waals surface area (Å²) in [5.74, 6) is 0. The van der Waals surface area contributed by atoms with Crippen molar-refractivity contribution in [3.05, 3.63) is 24.3 Å². The van der Waals surface area contributed by atoms with Crippen LogP contribution >= 0.6 is 0 Å². The Hall–Kier alpha value is -1.15. The number of rotatable bonds is 7. The van der Waals surface area contributed by atoms with Crippen LogP contribution in [0.3, 0.4) is 0 Å². The average Bonchev–Trinajstić information content (AvgIpc) is 2.38. The lowest BCUT2D eigenvalue weighted by atomic mass is 10.3. The summed E-state index contributed by atoms with van der Waals surface area (Å²) in [6.45, 7) is 0.0712. The quantitative estimate of drug-likeness (QED) is 0.757. The molecule has 0 aromatic heterocycles. The fourth-order valence-electron chi connectivity index (χ4n) is 1.71. The number of ether oxygens (including phenoxy) is 1. The minimum absolute atomic E-state index is 0.0196. The van der Waals surface area contributed by atoms with Gasteiger partial charge < -0.3 is 15.2 Å². The maximum atomic E-state index is 12.4. The Morgan fingerprint density at radius 1 is 1.42 bits per heavy atom. The van der Waals surface area contributed by atoms with Gasteiger partial charge in [0, 0.05) is 27.7 Å². The molecule has 0 fully saturated rings. The second-order valence-corrected chi connectivity index (χ2v) is 6.15. The zero-order chi connectivity index (χ0) is 14.5. The summed E-state index contributed by atoms with van der Waals surface area (Å²) in [5, 5.41) is 12.5. The summed E-state index contributed by atoms with van der Waals surface area (Å²) in [6.07, 6.45) is -0.855. The van der Waals surface area contributed by atoms with Gasteiger partial charge in [0.1, 0.15) is 4.90 Å². The van der Waals surface area contributed by atoms with Gasteiger partial charge in [0.15, 0.2) is 0 Å². The Labute approximate surface area is 114 Å². The van der Waals surface area contributed by atoms with E-state index in [9.17, 15) is 13.5 Å². The van der Waals surface area contributed by atoms with Crippen LogP contribution in [0.2, 0.25) is 0 Å². The summed E-state index contributed by atoms with van der Waals surface area (Å²) in [4.78, 5) is 0.185. The Kier molecular flexibility index (Phi) is 5.74. The number of sulfonamides is 1. The summed E-state index contributed by atoms with van der Waals surface area (Å²) in [5.41, 5.74) is 0.524. The van der Waals surface area contributed by atoms with Crippen LogP contribution in [-0.2, 0) is 14.8 Å². The smallest absolute Gasteiger partial charge is 0.244 e. The first-order valence-corrected chi connectivity index (χ1v) is 7.27. The van der Waals surface area contributed by atoms with Crippen LogP contribution in [0.15, 0.2) is 29.2 Å². The van der Waals surface area contributed by atoms with Crippen molar-refractivity contribution in [2.24, 2.45) is 0 Å². The van der Waals surface area contributed by atoms with Gasteiger partial charge in [-0.2, -0.15) is 4.31 Å². The fourth-order valence-corrected chi connectivity index (χ4v) is 3.11. The molecule has 7 heteroatoms. The van der Waals surface area contributed by atoms with Gasteiger partial charge >= 0.3 is 0 Å². The van der Waals surface area contributed by atoms with Crippen LogP contribution in [0.25, 0.3) is 0 Å². The van der Waals surface area contributed by atoms with Crippen LogP contribution in [0.4, 0.5) is 5.69 Å². The summed E-state index contributed by atoms with van der Waals surface area (Å²) < 4.78 is 30.7. The highest BCUT2D eigenvalue weighted by Gasteiger charge is 2.25.